The van der Waals surface area contributed by atoms with E-state index in [-0.39, 0.29) is 43.1 Å². The molecule has 0 saturated heterocycles. The number of hydrogen-bond donors (Lipinski definition) is 0. The molecule has 2 aliphatic rings. The molecule has 0 aliphatic carbocycles. The summed E-state index contributed by atoms with van der Waals surface area (Å²) in [5, 5.41) is 1.87. The van der Waals surface area contributed by atoms with Crippen molar-refractivity contribution < 1.29 is 28.6 Å². The van der Waals surface area contributed by atoms with Crippen LogP contribution in [-0.4, -0.2) is 49.7 Å². The van der Waals surface area contributed by atoms with Gasteiger partial charge in [-0.25, -0.2) is 0 Å². The Morgan fingerprint density at radius 2 is 1.09 bits per heavy atom. The number of carbonyl (C=O) groups is 3. The quantitative estimate of drug-likeness (QED) is 0.140. The van der Waals surface area contributed by atoms with Crippen LogP contribution in [0.15, 0.2) is 84.9 Å². The van der Waals surface area contributed by atoms with Crippen molar-refractivity contribution >= 4 is 75.6 Å². The first-order valence-corrected chi connectivity index (χ1v) is 19.5. The van der Waals surface area contributed by atoms with E-state index < -0.39 is 30.4 Å². The molecule has 8 nitrogen and oxygen atoms in total. The fourth-order valence-electron chi connectivity index (χ4n) is 6.92. The van der Waals surface area contributed by atoms with Gasteiger partial charge in [0.2, 0.25) is 0 Å². The van der Waals surface area contributed by atoms with Gasteiger partial charge in [-0.3, -0.25) is 14.4 Å². The molecular formula is C42H42Cl4N2O6. The number of halogens is 4. The lowest BCUT2D eigenvalue weighted by molar-refractivity contribution is -0.153. The summed E-state index contributed by atoms with van der Waals surface area (Å²) >= 11 is 26.3. The molecule has 6 rings (SSSR count). The summed E-state index contributed by atoms with van der Waals surface area (Å²) in [5.41, 5.74) is 3.97. The number of benzene rings is 4. The zero-order valence-electron chi connectivity index (χ0n) is 30.4. The maximum absolute atomic E-state index is 14.2. The normalized spacial score (nSPS) is 20.1. The molecule has 4 atom stereocenters. The highest BCUT2D eigenvalue weighted by atomic mass is 35.5. The van der Waals surface area contributed by atoms with Gasteiger partial charge < -0.3 is 24.0 Å². The standard InChI is InChI=1S/C42H42Cl4N2O6/c1-24(2)22-47-34-15-13-26(43)19-30(34)39(28-9-5-7-11-32(28)45)53-36(41(47)50)17-18-52-38(49)21-37-42(51)48(23-25(3)4)35-16-14-27(44)20-31(35)40(54-37)29-10-6-8-12-33(29)46/h5-16,19-20,24-25,36-37,39-40H,17-18,21-23H2,1-4H3/t36-,37-,39-,40-/m0/s1. The molecule has 284 valence electrons. The second kappa shape index (κ2) is 17.4. The van der Waals surface area contributed by atoms with Crippen LogP contribution in [0.1, 0.15) is 75.0 Å². The highest BCUT2D eigenvalue weighted by molar-refractivity contribution is 6.32. The Balaban J connectivity index is 1.24. The Morgan fingerprint density at radius 1 is 0.648 bits per heavy atom. The van der Waals surface area contributed by atoms with Gasteiger partial charge in [-0.15, -0.1) is 0 Å². The summed E-state index contributed by atoms with van der Waals surface area (Å²) in [5.74, 6) is -1.09. The lowest BCUT2D eigenvalue weighted by Crippen LogP contribution is -2.43. The summed E-state index contributed by atoms with van der Waals surface area (Å²) in [4.78, 5) is 45.4. The van der Waals surface area contributed by atoms with Gasteiger partial charge in [0.15, 0.2) is 0 Å². The number of nitrogens with zero attached hydrogens (tertiary/aromatic N) is 2. The Labute approximate surface area is 336 Å². The zero-order valence-corrected chi connectivity index (χ0v) is 33.5. The minimum absolute atomic E-state index is 0.0486. The van der Waals surface area contributed by atoms with Crippen LogP contribution in [0.4, 0.5) is 11.4 Å². The Kier molecular flexibility index (Phi) is 12.9. The molecule has 0 N–H and O–H groups in total. The molecule has 2 amide bonds. The molecule has 0 radical (unpaired) electrons. The molecule has 0 spiro atoms. The molecular weight excluding hydrogens is 770 g/mol. The SMILES string of the molecule is CC(C)CN1C(=O)[C@H](CCOC(=O)C[C@@H]2O[C@@H](c3ccccc3Cl)c3cc(Cl)ccc3N(CC(C)C)C2=O)O[C@@H](c2ccccc2Cl)c2cc(Cl)ccc21. The number of esters is 1. The van der Waals surface area contributed by atoms with Crippen molar-refractivity contribution in [3.05, 3.63) is 127 Å². The van der Waals surface area contributed by atoms with Gasteiger partial charge >= 0.3 is 5.97 Å². The van der Waals surface area contributed by atoms with Gasteiger partial charge in [0, 0.05) is 73.2 Å². The van der Waals surface area contributed by atoms with Gasteiger partial charge in [0.05, 0.1) is 13.0 Å². The third kappa shape index (κ3) is 8.91. The molecule has 2 heterocycles. The number of ether oxygens (including phenoxy) is 3. The van der Waals surface area contributed by atoms with E-state index in [1.54, 1.807) is 52.3 Å². The minimum atomic E-state index is -1.20. The van der Waals surface area contributed by atoms with Gasteiger partial charge in [0.1, 0.15) is 24.4 Å². The van der Waals surface area contributed by atoms with Crippen LogP contribution >= 0.6 is 46.4 Å². The molecule has 0 bridgehead atoms. The van der Waals surface area contributed by atoms with Crippen molar-refractivity contribution in [3.63, 3.8) is 0 Å². The molecule has 4 aromatic carbocycles. The van der Waals surface area contributed by atoms with E-state index in [4.69, 9.17) is 60.6 Å². The van der Waals surface area contributed by atoms with Gasteiger partial charge in [0.25, 0.3) is 11.8 Å². The predicted molar refractivity (Wildman–Crippen MR) is 214 cm³/mol. The van der Waals surface area contributed by atoms with Crippen molar-refractivity contribution in [2.45, 2.75) is 65.0 Å². The average molecular weight is 813 g/mol. The summed E-state index contributed by atoms with van der Waals surface area (Å²) in [6.45, 7) is 8.72. The van der Waals surface area contributed by atoms with E-state index in [9.17, 15) is 14.4 Å². The molecule has 0 unspecified atom stereocenters. The largest absolute Gasteiger partial charge is 0.465 e. The first kappa shape index (κ1) is 40.0. The predicted octanol–water partition coefficient (Wildman–Crippen LogP) is 10.3. The van der Waals surface area contributed by atoms with Gasteiger partial charge in [-0.05, 0) is 60.4 Å². The van der Waals surface area contributed by atoms with Crippen LogP contribution in [-0.2, 0) is 28.6 Å². The first-order valence-electron chi connectivity index (χ1n) is 18.0. The molecule has 0 saturated carbocycles. The number of rotatable bonds is 11. The Hall–Kier alpha value is -3.63. The lowest BCUT2D eigenvalue weighted by Gasteiger charge is -2.27. The average Bonchev–Trinajstić information content (AvgIpc) is 3.29. The molecule has 4 aromatic rings. The van der Waals surface area contributed by atoms with Crippen molar-refractivity contribution in [1.82, 2.24) is 0 Å². The fraction of sp³-hybridized carbons (Fsp3) is 0.357. The molecule has 0 aromatic heterocycles. The number of amides is 2. The van der Waals surface area contributed by atoms with E-state index in [1.807, 2.05) is 70.2 Å². The van der Waals surface area contributed by atoms with Crippen molar-refractivity contribution in [2.24, 2.45) is 11.8 Å². The molecule has 0 fully saturated rings. The van der Waals surface area contributed by atoms with Gasteiger partial charge in [-0.1, -0.05) is 110 Å². The topological polar surface area (TPSA) is 85.4 Å². The summed E-state index contributed by atoms with van der Waals surface area (Å²) in [7, 11) is 0. The summed E-state index contributed by atoms with van der Waals surface area (Å²) in [6.07, 6.45) is -4.05. The fourth-order valence-corrected chi connectivity index (χ4v) is 7.75. The molecule has 2 aliphatic heterocycles. The second-order valence-electron chi connectivity index (χ2n) is 14.4. The maximum atomic E-state index is 14.2. The zero-order chi connectivity index (χ0) is 38.7. The third-order valence-electron chi connectivity index (χ3n) is 9.28. The van der Waals surface area contributed by atoms with Gasteiger partial charge in [-0.2, -0.15) is 0 Å². The minimum Gasteiger partial charge on any atom is -0.465 e. The number of hydrogen-bond acceptors (Lipinski definition) is 6. The second-order valence-corrected chi connectivity index (χ2v) is 16.0. The van der Waals surface area contributed by atoms with Crippen LogP contribution in [0, 0.1) is 11.8 Å². The van der Waals surface area contributed by atoms with Crippen LogP contribution in [0.3, 0.4) is 0 Å². The summed E-state index contributed by atoms with van der Waals surface area (Å²) < 4.78 is 18.8. The Morgan fingerprint density at radius 3 is 1.56 bits per heavy atom. The van der Waals surface area contributed by atoms with Crippen molar-refractivity contribution in [1.29, 1.82) is 0 Å². The maximum Gasteiger partial charge on any atom is 0.308 e. The summed E-state index contributed by atoms with van der Waals surface area (Å²) in [6, 6.07) is 25.1. The lowest BCUT2D eigenvalue weighted by atomic mass is 9.99. The highest BCUT2D eigenvalue weighted by Gasteiger charge is 2.40. The highest BCUT2D eigenvalue weighted by Crippen LogP contribution is 2.44. The van der Waals surface area contributed by atoms with Crippen molar-refractivity contribution in [2.75, 3.05) is 29.5 Å². The van der Waals surface area contributed by atoms with Crippen molar-refractivity contribution in [3.8, 4) is 0 Å². The number of fused-ring (bicyclic) bond motifs is 2. The number of anilines is 2. The third-order valence-corrected chi connectivity index (χ3v) is 10.4. The number of carbonyl (C=O) groups excluding carboxylic acids is 3. The smallest absolute Gasteiger partial charge is 0.308 e. The van der Waals surface area contributed by atoms with Crippen LogP contribution in [0.25, 0.3) is 0 Å². The van der Waals surface area contributed by atoms with E-state index in [1.165, 1.54) is 0 Å². The van der Waals surface area contributed by atoms with E-state index >= 15 is 0 Å². The van der Waals surface area contributed by atoms with Crippen LogP contribution < -0.4 is 9.80 Å². The monoisotopic (exact) mass is 810 g/mol. The molecule has 54 heavy (non-hydrogen) atoms. The van der Waals surface area contributed by atoms with E-state index in [2.05, 4.69) is 0 Å². The van der Waals surface area contributed by atoms with Crippen LogP contribution in [0.5, 0.6) is 0 Å². The first-order chi connectivity index (χ1) is 25.8. The van der Waals surface area contributed by atoms with Crippen LogP contribution in [0.2, 0.25) is 20.1 Å². The Bertz CT molecular complexity index is 2020. The molecule has 12 heteroatoms. The van der Waals surface area contributed by atoms with E-state index in [0.29, 0.717) is 66.8 Å². The van der Waals surface area contributed by atoms with E-state index in [0.717, 1.165) is 0 Å².